The summed E-state index contributed by atoms with van der Waals surface area (Å²) in [4.78, 5) is 0. The van der Waals surface area contributed by atoms with Crippen LogP contribution in [0.4, 0.5) is 0 Å². The maximum absolute atomic E-state index is 3.91. The number of rotatable bonds is 2. The quantitative estimate of drug-likeness (QED) is 0.589. The normalized spacial score (nSPS) is 19.4. The van der Waals surface area contributed by atoms with Gasteiger partial charge in [0.25, 0.3) is 0 Å². The van der Waals surface area contributed by atoms with Gasteiger partial charge in [0.05, 0.1) is 0 Å². The van der Waals surface area contributed by atoms with E-state index < -0.39 is 0 Å². The van der Waals surface area contributed by atoms with Gasteiger partial charge in [-0.05, 0) is 36.1 Å². The highest BCUT2D eigenvalue weighted by molar-refractivity contribution is 5.47. The van der Waals surface area contributed by atoms with Gasteiger partial charge >= 0.3 is 0 Å². The van der Waals surface area contributed by atoms with Crippen LogP contribution in [0.1, 0.15) is 19.8 Å². The maximum Gasteiger partial charge on any atom is 0.0500 e. The molecule has 0 spiro atoms. The molecule has 0 atom stereocenters. The van der Waals surface area contributed by atoms with Crippen LogP contribution in [-0.4, -0.2) is 0 Å². The molecule has 0 unspecified atom stereocenters. The molecule has 0 saturated carbocycles. The Bertz CT molecular complexity index is 502. The number of hydrogen-bond donors (Lipinski definition) is 0. The van der Waals surface area contributed by atoms with E-state index in [0.717, 1.165) is 12.8 Å². The minimum absolute atomic E-state index is 0.951. The topological polar surface area (TPSA) is 0 Å². The van der Waals surface area contributed by atoms with Gasteiger partial charge in [-0.1, -0.05) is 30.9 Å². The fourth-order valence-corrected chi connectivity index (χ4v) is 2.24. The molecule has 2 aliphatic carbocycles. The summed E-state index contributed by atoms with van der Waals surface area (Å²) in [7, 11) is 0. The molecule has 0 heteroatoms. The van der Waals surface area contributed by atoms with Crippen molar-refractivity contribution in [3.05, 3.63) is 90.0 Å². The van der Waals surface area contributed by atoms with Gasteiger partial charge < -0.3 is 0 Å². The highest BCUT2D eigenvalue weighted by atomic mass is 14.1. The molecular weight excluding hydrogens is 216 g/mol. The molecule has 0 saturated heterocycles. The smallest absolute Gasteiger partial charge is 0.0500 e. The van der Waals surface area contributed by atoms with Crippen LogP contribution >= 0.6 is 0 Å². The van der Waals surface area contributed by atoms with E-state index in [-0.39, 0.29) is 0 Å². The van der Waals surface area contributed by atoms with Crippen LogP contribution in [0.5, 0.6) is 0 Å². The lowest BCUT2D eigenvalue weighted by atomic mass is 9.91. The van der Waals surface area contributed by atoms with Gasteiger partial charge in [-0.15, -0.1) is 0 Å². The summed E-state index contributed by atoms with van der Waals surface area (Å²) < 4.78 is 0. The molecule has 0 N–H and O–H groups in total. The Morgan fingerprint density at radius 2 is 2.00 bits per heavy atom. The van der Waals surface area contributed by atoms with Crippen molar-refractivity contribution < 1.29 is 0 Å². The van der Waals surface area contributed by atoms with Crippen molar-refractivity contribution in [1.29, 1.82) is 0 Å². The van der Waals surface area contributed by atoms with Gasteiger partial charge in [0.15, 0.2) is 0 Å². The molecule has 2 aliphatic rings. The third-order valence-corrected chi connectivity index (χ3v) is 3.04. The van der Waals surface area contributed by atoms with Gasteiger partial charge in [-0.3, -0.25) is 0 Å². The van der Waals surface area contributed by atoms with Crippen LogP contribution < -0.4 is 0 Å². The Kier molecular flexibility index (Phi) is 4.25. The van der Waals surface area contributed by atoms with Crippen LogP contribution in [0.3, 0.4) is 0 Å². The summed E-state index contributed by atoms with van der Waals surface area (Å²) in [5.41, 5.74) is 5.32. The Hall–Kier alpha value is -1.95. The average molecular weight is 235 g/mol. The molecule has 0 radical (unpaired) electrons. The summed E-state index contributed by atoms with van der Waals surface area (Å²) >= 11 is 0. The minimum atomic E-state index is 0.951. The first-order valence-corrected chi connectivity index (χ1v) is 6.38. The molecule has 0 aromatic heterocycles. The maximum atomic E-state index is 3.91. The second-order valence-electron chi connectivity index (χ2n) is 4.56. The first-order chi connectivity index (χ1) is 8.81. The molecule has 0 aliphatic heterocycles. The fourth-order valence-electron chi connectivity index (χ4n) is 2.24. The molecule has 2 rings (SSSR count). The Labute approximate surface area is 110 Å². The predicted molar refractivity (Wildman–Crippen MR) is 80.0 cm³/mol. The molecule has 0 heterocycles. The zero-order chi connectivity index (χ0) is 12.8. The second-order valence-corrected chi connectivity index (χ2v) is 4.56. The zero-order valence-electron chi connectivity index (χ0n) is 10.9. The van der Waals surface area contributed by atoms with Crippen molar-refractivity contribution in [3.8, 4) is 0 Å². The largest absolute Gasteiger partial charge is 0.0987 e. The molecule has 0 aromatic carbocycles. The molecule has 18 heavy (non-hydrogen) atoms. The summed E-state index contributed by atoms with van der Waals surface area (Å²) in [6.45, 7) is 5.97. The average Bonchev–Trinajstić information content (AvgIpc) is 2.30. The third-order valence-electron chi connectivity index (χ3n) is 3.04. The second kappa shape index (κ2) is 6.11. The van der Waals surface area contributed by atoms with Gasteiger partial charge in [-0.25, -0.2) is 0 Å². The zero-order valence-corrected chi connectivity index (χ0v) is 10.9. The van der Waals surface area contributed by atoms with Crippen molar-refractivity contribution in [2.24, 2.45) is 0 Å². The van der Waals surface area contributed by atoms with E-state index in [0.29, 0.717) is 0 Å². The lowest BCUT2D eigenvalue weighted by molar-refractivity contribution is 1.11. The van der Waals surface area contributed by atoms with E-state index >= 15 is 0 Å². The van der Waals surface area contributed by atoms with E-state index in [1.54, 1.807) is 0 Å². The van der Waals surface area contributed by atoms with Crippen LogP contribution in [0.15, 0.2) is 83.6 Å². The van der Waals surface area contributed by atoms with Gasteiger partial charge in [0.1, 0.15) is 0 Å². The van der Waals surface area contributed by atoms with E-state index in [1.807, 2.05) is 6.08 Å². The lowest BCUT2D eigenvalue weighted by Crippen LogP contribution is -1.95. The molecule has 2 bridgehead atoms. The van der Waals surface area contributed by atoms with Crippen molar-refractivity contribution in [2.75, 3.05) is 0 Å². The van der Waals surface area contributed by atoms with Crippen LogP contribution in [0.2, 0.25) is 0 Å². The summed E-state index contributed by atoms with van der Waals surface area (Å²) in [6, 6.07) is 0. The van der Waals surface area contributed by atoms with Crippen molar-refractivity contribution >= 4 is 0 Å². The molecule has 0 amide bonds. The lowest BCUT2D eigenvalue weighted by Gasteiger charge is -2.11. The highest BCUT2D eigenvalue weighted by Crippen LogP contribution is 2.26. The summed E-state index contributed by atoms with van der Waals surface area (Å²) in [5, 5.41) is 0. The Morgan fingerprint density at radius 3 is 2.78 bits per heavy atom. The Balaban J connectivity index is 2.45. The molecule has 90 valence electrons. The van der Waals surface area contributed by atoms with E-state index in [4.69, 9.17) is 0 Å². The minimum Gasteiger partial charge on any atom is -0.0987 e. The van der Waals surface area contributed by atoms with Crippen LogP contribution in [0, 0.1) is 6.42 Å². The molecule has 0 nitrogen and oxygen atoms in total. The molecule has 0 fully saturated rings. The van der Waals surface area contributed by atoms with Gasteiger partial charge in [0, 0.05) is 42.7 Å². The fraction of sp³-hybridized carbons (Fsp3) is 0.167. The SMILES string of the molecule is C=CC1=CC2=C[CH+]C=CC=C(C=C(C=CC)C1)C2. The summed E-state index contributed by atoms with van der Waals surface area (Å²) in [6.07, 6.45) is 23.4. The van der Waals surface area contributed by atoms with Crippen LogP contribution in [0.25, 0.3) is 0 Å². The Morgan fingerprint density at radius 1 is 1.17 bits per heavy atom. The first-order valence-electron chi connectivity index (χ1n) is 6.38. The summed E-state index contributed by atoms with van der Waals surface area (Å²) in [5.74, 6) is 0. The predicted octanol–water partition coefficient (Wildman–Crippen LogP) is 5.02. The first kappa shape index (κ1) is 12.5. The van der Waals surface area contributed by atoms with Crippen molar-refractivity contribution in [1.82, 2.24) is 0 Å². The van der Waals surface area contributed by atoms with Crippen molar-refractivity contribution in [2.45, 2.75) is 19.8 Å². The standard InChI is InChI=1S/C18H19/c1-3-8-16-11-15(4-2)12-17-9-6-5-7-10-18(13-16)14-17/h3-10,12-13H,2,11,14H2,1H3/q+1. The third kappa shape index (κ3) is 3.27. The monoisotopic (exact) mass is 235 g/mol. The number of hydrogen-bond acceptors (Lipinski definition) is 0. The molecular formula is C18H19+. The number of fused-ring (bicyclic) bond motifs is 2. The van der Waals surface area contributed by atoms with Crippen LogP contribution in [-0.2, 0) is 0 Å². The number of allylic oxidation sites excluding steroid dienone is 13. The van der Waals surface area contributed by atoms with Gasteiger partial charge in [0.2, 0.25) is 0 Å². The van der Waals surface area contributed by atoms with Crippen molar-refractivity contribution in [3.63, 3.8) is 0 Å². The van der Waals surface area contributed by atoms with E-state index in [9.17, 15) is 0 Å². The highest BCUT2D eigenvalue weighted by Gasteiger charge is 2.11. The van der Waals surface area contributed by atoms with E-state index in [2.05, 4.69) is 68.5 Å². The van der Waals surface area contributed by atoms with E-state index in [1.165, 1.54) is 22.3 Å². The van der Waals surface area contributed by atoms with Gasteiger partial charge in [-0.2, -0.15) is 0 Å². The molecule has 0 aromatic rings.